The lowest BCUT2D eigenvalue weighted by Crippen LogP contribution is -2.11. The maximum absolute atomic E-state index is 12.4. The average Bonchev–Trinajstić information content (AvgIpc) is 2.47. The van der Waals surface area contributed by atoms with Crippen LogP contribution in [0.5, 0.6) is 5.75 Å². The predicted molar refractivity (Wildman–Crippen MR) is 82.9 cm³/mol. The van der Waals surface area contributed by atoms with Crippen molar-refractivity contribution < 1.29 is 9.09 Å². The number of benzene rings is 2. The van der Waals surface area contributed by atoms with Gasteiger partial charge in [0.15, 0.2) is 5.75 Å². The predicted octanol–water partition coefficient (Wildman–Crippen LogP) is 3.52. The number of nitrogens with two attached hydrogens (primary N) is 1. The van der Waals surface area contributed by atoms with Crippen LogP contribution in [0.4, 0.5) is 0 Å². The summed E-state index contributed by atoms with van der Waals surface area (Å²) < 4.78 is 18.1. The highest BCUT2D eigenvalue weighted by molar-refractivity contribution is 7.48. The van der Waals surface area contributed by atoms with Crippen molar-refractivity contribution in [2.75, 3.05) is 0 Å². The molecule has 3 nitrogen and oxygen atoms in total. The first-order valence-corrected chi connectivity index (χ1v) is 7.72. The monoisotopic (exact) mass is 288 g/mol. The molecule has 0 heterocycles. The van der Waals surface area contributed by atoms with E-state index in [9.17, 15) is 4.57 Å². The van der Waals surface area contributed by atoms with Gasteiger partial charge in [-0.1, -0.05) is 24.3 Å². The molecule has 0 saturated heterocycles. The van der Waals surface area contributed by atoms with Gasteiger partial charge in [0.1, 0.15) is 0 Å². The van der Waals surface area contributed by atoms with E-state index in [1.54, 1.807) is 6.07 Å². The van der Waals surface area contributed by atoms with Crippen molar-refractivity contribution >= 4 is 13.3 Å². The Morgan fingerprint density at radius 3 is 2.45 bits per heavy atom. The zero-order chi connectivity index (χ0) is 14.7. The van der Waals surface area contributed by atoms with Crippen LogP contribution in [0.1, 0.15) is 22.3 Å². The molecule has 20 heavy (non-hydrogen) atoms. The van der Waals surface area contributed by atoms with Gasteiger partial charge in [-0.15, -0.1) is 0 Å². The molecular weight excluding hydrogens is 269 g/mol. The summed E-state index contributed by atoms with van der Waals surface area (Å²) in [6.45, 7) is 6.43. The van der Waals surface area contributed by atoms with Gasteiger partial charge in [-0.25, -0.2) is 4.52 Å². The van der Waals surface area contributed by atoms with E-state index >= 15 is 0 Å². The fourth-order valence-corrected chi connectivity index (χ4v) is 3.11. The lowest BCUT2D eigenvalue weighted by molar-refractivity contribution is 0.512. The first kappa shape index (κ1) is 14.7. The minimum absolute atomic E-state index is 0.354. The highest BCUT2D eigenvalue weighted by Crippen LogP contribution is 2.32. The van der Waals surface area contributed by atoms with Crippen molar-refractivity contribution in [3.05, 3.63) is 58.7 Å². The molecule has 1 atom stereocenters. The number of rotatable bonds is 4. The van der Waals surface area contributed by atoms with Crippen molar-refractivity contribution in [1.29, 1.82) is 0 Å². The van der Waals surface area contributed by atoms with Crippen LogP contribution in [0.3, 0.4) is 0 Å². The Morgan fingerprint density at radius 2 is 1.75 bits per heavy atom. The Hall–Kier alpha value is -1.70. The maximum atomic E-state index is 12.4. The molecule has 0 aliphatic heterocycles. The van der Waals surface area contributed by atoms with Crippen LogP contribution in [-0.2, 0) is 11.1 Å². The van der Waals surface area contributed by atoms with Crippen LogP contribution in [0, 0.1) is 20.8 Å². The first-order valence-electron chi connectivity index (χ1n) is 6.54. The van der Waals surface area contributed by atoms with Gasteiger partial charge in [0, 0.05) is 17.7 Å². The first-order chi connectivity index (χ1) is 9.54. The van der Waals surface area contributed by atoms with Crippen molar-refractivity contribution in [2.45, 2.75) is 27.3 Å². The molecule has 2 aromatic rings. The molecule has 0 amide bonds. The van der Waals surface area contributed by atoms with Crippen molar-refractivity contribution in [3.8, 4) is 5.75 Å². The minimum Gasteiger partial charge on any atom is -0.326 e. The molecule has 0 spiro atoms. The smallest absolute Gasteiger partial charge is 0.326 e. The summed E-state index contributed by atoms with van der Waals surface area (Å²) >= 11 is 0. The van der Waals surface area contributed by atoms with Crippen LogP contribution in [0.25, 0.3) is 0 Å². The Kier molecular flexibility index (Phi) is 4.53. The quantitative estimate of drug-likeness (QED) is 0.876. The molecule has 4 heteroatoms. The highest BCUT2D eigenvalue weighted by Gasteiger charge is 2.27. The third kappa shape index (κ3) is 2.90. The van der Waals surface area contributed by atoms with Gasteiger partial charge in [-0.3, -0.25) is 0 Å². The van der Waals surface area contributed by atoms with E-state index in [1.165, 1.54) is 5.56 Å². The lowest BCUT2D eigenvalue weighted by Gasteiger charge is -2.06. The number of aryl methyl sites for hydroxylation is 1. The Morgan fingerprint density at radius 1 is 1.05 bits per heavy atom. The van der Waals surface area contributed by atoms with E-state index in [2.05, 4.69) is 6.92 Å². The van der Waals surface area contributed by atoms with E-state index in [-0.39, 0.29) is 0 Å². The molecule has 0 fully saturated rings. The summed E-state index contributed by atoms with van der Waals surface area (Å²) in [6, 6.07) is 11.3. The van der Waals surface area contributed by atoms with Gasteiger partial charge >= 0.3 is 8.03 Å². The van der Waals surface area contributed by atoms with Crippen LogP contribution >= 0.6 is 8.03 Å². The van der Waals surface area contributed by atoms with Crippen LogP contribution in [0.2, 0.25) is 0 Å². The average molecular weight is 288 g/mol. The molecule has 0 aliphatic rings. The molecular formula is C16H19NO2P+. The Labute approximate surface area is 120 Å². The zero-order valence-electron chi connectivity index (χ0n) is 12.0. The van der Waals surface area contributed by atoms with E-state index in [0.29, 0.717) is 17.6 Å². The van der Waals surface area contributed by atoms with E-state index in [4.69, 9.17) is 10.3 Å². The topological polar surface area (TPSA) is 52.3 Å². The molecule has 1 unspecified atom stereocenters. The fraction of sp³-hybridized carbons (Fsp3) is 0.250. The normalized spacial score (nSPS) is 11.3. The summed E-state index contributed by atoms with van der Waals surface area (Å²) in [5, 5.41) is 0.669. The SMILES string of the molecule is Cc1ccc(O[P+](=O)c2ccccc2CN)c(C)c1C. The number of hydrogen-bond donors (Lipinski definition) is 1. The minimum atomic E-state index is -1.95. The zero-order valence-corrected chi connectivity index (χ0v) is 12.9. The molecule has 2 aromatic carbocycles. The van der Waals surface area contributed by atoms with Gasteiger partial charge < -0.3 is 5.73 Å². The van der Waals surface area contributed by atoms with Crippen LogP contribution in [-0.4, -0.2) is 0 Å². The fourth-order valence-electron chi connectivity index (χ4n) is 2.03. The van der Waals surface area contributed by atoms with Crippen LogP contribution in [0.15, 0.2) is 36.4 Å². The Balaban J connectivity index is 2.31. The molecule has 0 bridgehead atoms. The van der Waals surface area contributed by atoms with E-state index in [0.717, 1.165) is 16.7 Å². The van der Waals surface area contributed by atoms with Gasteiger partial charge in [-0.05, 0) is 48.6 Å². The summed E-state index contributed by atoms with van der Waals surface area (Å²) in [7, 11) is -1.95. The van der Waals surface area contributed by atoms with Crippen molar-refractivity contribution in [1.82, 2.24) is 0 Å². The second kappa shape index (κ2) is 6.17. The standard InChI is InChI=1S/C16H19NO2P/c1-11-8-9-15(13(3)12(11)2)19-20(18)16-7-5-4-6-14(16)10-17/h4-9H,10,17H2,1-3H3/q+1. The number of hydrogen-bond acceptors (Lipinski definition) is 3. The third-order valence-electron chi connectivity index (χ3n) is 3.60. The third-order valence-corrected chi connectivity index (χ3v) is 4.79. The molecule has 2 rings (SSSR count). The largest absolute Gasteiger partial charge is 0.597 e. The highest BCUT2D eigenvalue weighted by atomic mass is 31.1. The van der Waals surface area contributed by atoms with Gasteiger partial charge in [-0.2, -0.15) is 0 Å². The molecule has 2 N–H and O–H groups in total. The van der Waals surface area contributed by atoms with E-state index in [1.807, 2.05) is 44.2 Å². The van der Waals surface area contributed by atoms with Crippen LogP contribution < -0.4 is 15.6 Å². The second-order valence-corrected chi connectivity index (χ2v) is 5.99. The summed E-state index contributed by atoms with van der Waals surface area (Å²) in [5.41, 5.74) is 9.92. The lowest BCUT2D eigenvalue weighted by atomic mass is 10.0. The molecule has 0 radical (unpaired) electrons. The maximum Gasteiger partial charge on any atom is 0.597 e. The van der Waals surface area contributed by atoms with Gasteiger partial charge in [0.05, 0.1) is 0 Å². The summed E-state index contributed by atoms with van der Waals surface area (Å²) in [5.74, 6) is 0.668. The second-order valence-electron chi connectivity index (χ2n) is 4.81. The van der Waals surface area contributed by atoms with Crippen molar-refractivity contribution in [3.63, 3.8) is 0 Å². The molecule has 0 aliphatic carbocycles. The van der Waals surface area contributed by atoms with Crippen molar-refractivity contribution in [2.24, 2.45) is 5.73 Å². The Bertz CT molecular complexity index is 653. The summed E-state index contributed by atoms with van der Waals surface area (Å²) in [4.78, 5) is 0. The summed E-state index contributed by atoms with van der Waals surface area (Å²) in [6.07, 6.45) is 0. The molecule has 0 aromatic heterocycles. The molecule has 0 saturated carbocycles. The van der Waals surface area contributed by atoms with Gasteiger partial charge in [0.25, 0.3) is 0 Å². The molecule has 104 valence electrons. The van der Waals surface area contributed by atoms with Gasteiger partial charge in [0.2, 0.25) is 5.30 Å². The van der Waals surface area contributed by atoms with E-state index < -0.39 is 8.03 Å².